The SMILES string of the molecule is CN1CC(C(=O)NCCc2ccc(Cl)c(Cl)c2)=C(O)C1=O. The lowest BCUT2D eigenvalue weighted by molar-refractivity contribution is -0.126. The van der Waals surface area contributed by atoms with Gasteiger partial charge in [-0.05, 0) is 24.1 Å². The smallest absolute Gasteiger partial charge is 0.289 e. The molecule has 0 bridgehead atoms. The zero-order valence-electron chi connectivity index (χ0n) is 11.3. The average molecular weight is 329 g/mol. The number of aliphatic hydroxyl groups excluding tert-OH is 1. The van der Waals surface area contributed by atoms with Crippen molar-refractivity contribution in [1.82, 2.24) is 10.2 Å². The zero-order chi connectivity index (χ0) is 15.6. The molecule has 0 aromatic heterocycles. The van der Waals surface area contributed by atoms with Crippen molar-refractivity contribution >= 4 is 35.0 Å². The molecule has 0 unspecified atom stereocenters. The van der Waals surface area contributed by atoms with Gasteiger partial charge in [-0.1, -0.05) is 29.3 Å². The van der Waals surface area contributed by atoms with Gasteiger partial charge in [0.2, 0.25) is 0 Å². The number of halogens is 2. The van der Waals surface area contributed by atoms with Gasteiger partial charge in [-0.3, -0.25) is 9.59 Å². The van der Waals surface area contributed by atoms with Crippen LogP contribution in [0, 0.1) is 0 Å². The third-order valence-electron chi connectivity index (χ3n) is 3.19. The minimum absolute atomic E-state index is 0.0941. The van der Waals surface area contributed by atoms with Crippen LogP contribution in [0.5, 0.6) is 0 Å². The molecule has 0 spiro atoms. The topological polar surface area (TPSA) is 69.6 Å². The molecule has 7 heteroatoms. The van der Waals surface area contributed by atoms with E-state index in [1.54, 1.807) is 12.1 Å². The summed E-state index contributed by atoms with van der Waals surface area (Å²) in [6.45, 7) is 0.481. The van der Waals surface area contributed by atoms with E-state index >= 15 is 0 Å². The van der Waals surface area contributed by atoms with Crippen molar-refractivity contribution < 1.29 is 14.7 Å². The van der Waals surface area contributed by atoms with Crippen LogP contribution >= 0.6 is 23.2 Å². The Morgan fingerprint density at radius 3 is 2.67 bits per heavy atom. The van der Waals surface area contributed by atoms with Crippen molar-refractivity contribution in [3.63, 3.8) is 0 Å². The van der Waals surface area contributed by atoms with Crippen LogP contribution in [-0.4, -0.2) is 42.0 Å². The van der Waals surface area contributed by atoms with Gasteiger partial charge in [0.1, 0.15) is 0 Å². The van der Waals surface area contributed by atoms with E-state index in [1.165, 1.54) is 11.9 Å². The average Bonchev–Trinajstić information content (AvgIpc) is 2.70. The van der Waals surface area contributed by atoms with E-state index in [1.807, 2.05) is 6.07 Å². The fourth-order valence-electron chi connectivity index (χ4n) is 2.00. The van der Waals surface area contributed by atoms with Crippen LogP contribution in [0.1, 0.15) is 5.56 Å². The van der Waals surface area contributed by atoms with Gasteiger partial charge >= 0.3 is 0 Å². The van der Waals surface area contributed by atoms with Gasteiger partial charge in [0.15, 0.2) is 5.76 Å². The minimum Gasteiger partial charge on any atom is -0.503 e. The minimum atomic E-state index is -0.537. The van der Waals surface area contributed by atoms with E-state index < -0.39 is 17.6 Å². The second kappa shape index (κ2) is 6.37. The number of carbonyl (C=O) groups is 2. The highest BCUT2D eigenvalue weighted by Gasteiger charge is 2.31. The first-order valence-electron chi connectivity index (χ1n) is 6.30. The van der Waals surface area contributed by atoms with E-state index in [2.05, 4.69) is 5.32 Å². The Balaban J connectivity index is 1.90. The number of benzene rings is 1. The molecule has 2 N–H and O–H groups in total. The lowest BCUT2D eigenvalue weighted by Gasteiger charge is -2.08. The maximum Gasteiger partial charge on any atom is 0.289 e. The molecule has 5 nitrogen and oxygen atoms in total. The molecule has 0 fully saturated rings. The summed E-state index contributed by atoms with van der Waals surface area (Å²) in [6.07, 6.45) is 0.570. The zero-order valence-corrected chi connectivity index (χ0v) is 12.8. The quantitative estimate of drug-likeness (QED) is 0.887. The van der Waals surface area contributed by atoms with Crippen molar-refractivity contribution in [2.45, 2.75) is 6.42 Å². The number of hydrogen-bond donors (Lipinski definition) is 2. The van der Waals surface area contributed by atoms with Crippen LogP contribution in [0.25, 0.3) is 0 Å². The highest BCUT2D eigenvalue weighted by Crippen LogP contribution is 2.22. The fraction of sp³-hybridized carbons (Fsp3) is 0.286. The van der Waals surface area contributed by atoms with Crippen molar-refractivity contribution in [2.24, 2.45) is 0 Å². The highest BCUT2D eigenvalue weighted by atomic mass is 35.5. The Hall–Kier alpha value is -1.72. The number of nitrogens with one attached hydrogen (secondary N) is 1. The van der Waals surface area contributed by atoms with Crippen LogP contribution in [-0.2, 0) is 16.0 Å². The normalized spacial score (nSPS) is 14.8. The van der Waals surface area contributed by atoms with E-state index in [0.717, 1.165) is 5.56 Å². The number of carbonyl (C=O) groups excluding carboxylic acids is 2. The summed E-state index contributed by atoms with van der Waals surface area (Å²) in [7, 11) is 1.52. The van der Waals surface area contributed by atoms with Gasteiger partial charge in [0.05, 0.1) is 22.2 Å². The van der Waals surface area contributed by atoms with E-state index in [0.29, 0.717) is 23.0 Å². The van der Waals surface area contributed by atoms with Crippen LogP contribution in [0.4, 0.5) is 0 Å². The van der Waals surface area contributed by atoms with Crippen LogP contribution in [0.15, 0.2) is 29.5 Å². The molecule has 0 aliphatic carbocycles. The van der Waals surface area contributed by atoms with Crippen molar-refractivity contribution in [1.29, 1.82) is 0 Å². The lowest BCUT2D eigenvalue weighted by atomic mass is 10.1. The highest BCUT2D eigenvalue weighted by molar-refractivity contribution is 6.42. The summed E-state index contributed by atoms with van der Waals surface area (Å²) in [5.41, 5.74) is 1.03. The predicted octanol–water partition coefficient (Wildman–Crippen LogP) is 1.94. The summed E-state index contributed by atoms with van der Waals surface area (Å²) >= 11 is 11.7. The first kappa shape index (κ1) is 15.7. The Bertz CT molecular complexity index is 629. The maximum atomic E-state index is 11.9. The number of nitrogens with zero attached hydrogens (tertiary/aromatic N) is 1. The molecule has 21 heavy (non-hydrogen) atoms. The van der Waals surface area contributed by atoms with E-state index in [-0.39, 0.29) is 12.1 Å². The molecule has 2 rings (SSSR count). The standard InChI is InChI=1S/C14H14Cl2N2O3/c1-18-7-9(12(19)14(18)21)13(20)17-5-4-8-2-3-10(15)11(16)6-8/h2-3,6,19H,4-5,7H2,1H3,(H,17,20). The molecule has 1 heterocycles. The largest absolute Gasteiger partial charge is 0.503 e. The summed E-state index contributed by atoms with van der Waals surface area (Å²) in [4.78, 5) is 24.6. The number of likely N-dealkylation sites (N-methyl/N-ethyl adjacent to an activating group) is 1. The molecule has 0 saturated heterocycles. The molecule has 0 radical (unpaired) electrons. The number of amides is 2. The molecular weight excluding hydrogens is 315 g/mol. The molecule has 112 valence electrons. The molecule has 1 aromatic carbocycles. The monoisotopic (exact) mass is 328 g/mol. The van der Waals surface area contributed by atoms with Crippen molar-refractivity contribution in [3.8, 4) is 0 Å². The Kier molecular flexibility index (Phi) is 4.75. The summed E-state index contributed by atoms with van der Waals surface area (Å²) < 4.78 is 0. The van der Waals surface area contributed by atoms with Crippen LogP contribution < -0.4 is 5.32 Å². The van der Waals surface area contributed by atoms with Crippen LogP contribution in [0.3, 0.4) is 0 Å². The van der Waals surface area contributed by atoms with Gasteiger partial charge in [-0.15, -0.1) is 0 Å². The molecule has 2 amide bonds. The van der Waals surface area contributed by atoms with Crippen molar-refractivity contribution in [2.75, 3.05) is 20.1 Å². The Morgan fingerprint density at radius 1 is 1.38 bits per heavy atom. The lowest BCUT2D eigenvalue weighted by Crippen LogP contribution is -2.29. The van der Waals surface area contributed by atoms with E-state index in [4.69, 9.17) is 23.2 Å². The molecule has 0 saturated carbocycles. The van der Waals surface area contributed by atoms with Gasteiger partial charge in [-0.2, -0.15) is 0 Å². The van der Waals surface area contributed by atoms with Gasteiger partial charge < -0.3 is 15.3 Å². The van der Waals surface area contributed by atoms with Crippen molar-refractivity contribution in [3.05, 3.63) is 45.1 Å². The third kappa shape index (κ3) is 3.49. The van der Waals surface area contributed by atoms with Gasteiger partial charge in [0, 0.05) is 13.6 Å². The molecule has 1 aliphatic rings. The number of hydrogen-bond acceptors (Lipinski definition) is 3. The molecule has 1 aromatic rings. The molecule has 1 aliphatic heterocycles. The summed E-state index contributed by atoms with van der Waals surface area (Å²) in [5, 5.41) is 13.2. The maximum absolute atomic E-state index is 11.9. The van der Waals surface area contributed by atoms with E-state index in [9.17, 15) is 14.7 Å². The second-order valence-electron chi connectivity index (χ2n) is 4.74. The second-order valence-corrected chi connectivity index (χ2v) is 5.56. The molecular formula is C14H14Cl2N2O3. The molecule has 0 atom stereocenters. The van der Waals surface area contributed by atoms with Crippen LogP contribution in [0.2, 0.25) is 10.0 Å². The first-order chi connectivity index (χ1) is 9.90. The Labute approximate surface area is 132 Å². The third-order valence-corrected chi connectivity index (χ3v) is 3.93. The number of aliphatic hydroxyl groups is 1. The van der Waals surface area contributed by atoms with Gasteiger partial charge in [0.25, 0.3) is 11.8 Å². The summed E-state index contributed by atoms with van der Waals surface area (Å²) in [6, 6.07) is 5.25. The predicted molar refractivity (Wildman–Crippen MR) is 80.5 cm³/mol. The summed E-state index contributed by atoms with van der Waals surface area (Å²) in [5.74, 6) is -1.46. The first-order valence-corrected chi connectivity index (χ1v) is 7.05. The fourth-order valence-corrected chi connectivity index (χ4v) is 2.32. The van der Waals surface area contributed by atoms with Gasteiger partial charge in [-0.25, -0.2) is 0 Å². The number of rotatable bonds is 4. The Morgan fingerprint density at radius 2 is 2.10 bits per heavy atom.